The van der Waals surface area contributed by atoms with Crippen LogP contribution in [0.25, 0.3) is 0 Å². The second-order valence-electron chi connectivity index (χ2n) is 5.12. The minimum Gasteiger partial charge on any atom is -0.367 e. The molecule has 0 radical (unpaired) electrons. The molecule has 2 heterocycles. The summed E-state index contributed by atoms with van der Waals surface area (Å²) in [5.74, 6) is 2.97. The lowest BCUT2D eigenvalue weighted by atomic mass is 10.1. The summed E-state index contributed by atoms with van der Waals surface area (Å²) in [5, 5.41) is 3.46. The molecule has 1 N–H and O–H groups in total. The Morgan fingerprint density at radius 1 is 1.18 bits per heavy atom. The van der Waals surface area contributed by atoms with Gasteiger partial charge < -0.3 is 10.2 Å². The summed E-state index contributed by atoms with van der Waals surface area (Å²) in [6, 6.07) is 2.76. The molecular formula is C13H20N4. The van der Waals surface area contributed by atoms with E-state index in [1.807, 2.05) is 6.92 Å². The highest BCUT2D eigenvalue weighted by atomic mass is 15.2. The topological polar surface area (TPSA) is 41.1 Å². The summed E-state index contributed by atoms with van der Waals surface area (Å²) in [7, 11) is 0. The van der Waals surface area contributed by atoms with Gasteiger partial charge in [-0.1, -0.05) is 0 Å². The van der Waals surface area contributed by atoms with Crippen LogP contribution in [0.2, 0.25) is 0 Å². The quantitative estimate of drug-likeness (QED) is 0.868. The molecule has 17 heavy (non-hydrogen) atoms. The van der Waals surface area contributed by atoms with Crippen molar-refractivity contribution < 1.29 is 0 Å². The third-order valence-corrected chi connectivity index (χ3v) is 3.43. The average molecular weight is 232 g/mol. The van der Waals surface area contributed by atoms with Crippen molar-refractivity contribution in [3.05, 3.63) is 11.9 Å². The fourth-order valence-corrected chi connectivity index (χ4v) is 2.35. The molecule has 2 fully saturated rings. The first kappa shape index (κ1) is 10.8. The van der Waals surface area contributed by atoms with Crippen LogP contribution in [-0.2, 0) is 0 Å². The van der Waals surface area contributed by atoms with Crippen molar-refractivity contribution in [2.75, 3.05) is 23.3 Å². The molecular weight excluding hydrogens is 212 g/mol. The number of hydrogen-bond donors (Lipinski definition) is 1. The van der Waals surface area contributed by atoms with Crippen LogP contribution in [0.3, 0.4) is 0 Å². The van der Waals surface area contributed by atoms with E-state index in [1.54, 1.807) is 0 Å². The van der Waals surface area contributed by atoms with Gasteiger partial charge in [0.05, 0.1) is 0 Å². The highest BCUT2D eigenvalue weighted by Crippen LogP contribution is 2.26. The van der Waals surface area contributed by atoms with Gasteiger partial charge in [0.1, 0.15) is 17.5 Å². The molecule has 4 nitrogen and oxygen atoms in total. The van der Waals surface area contributed by atoms with Gasteiger partial charge in [0.2, 0.25) is 0 Å². The largest absolute Gasteiger partial charge is 0.367 e. The lowest BCUT2D eigenvalue weighted by Crippen LogP contribution is -2.30. The predicted octanol–water partition coefficient (Wildman–Crippen LogP) is 2.35. The van der Waals surface area contributed by atoms with Gasteiger partial charge >= 0.3 is 0 Å². The molecule has 0 atom stereocenters. The summed E-state index contributed by atoms with van der Waals surface area (Å²) in [6.07, 6.45) is 6.49. The highest BCUT2D eigenvalue weighted by Gasteiger charge is 2.22. The van der Waals surface area contributed by atoms with E-state index in [1.165, 1.54) is 32.1 Å². The number of nitrogens with one attached hydrogen (secondary N) is 1. The molecule has 1 aromatic rings. The van der Waals surface area contributed by atoms with Crippen LogP contribution in [0, 0.1) is 6.92 Å². The molecule has 0 unspecified atom stereocenters. The molecule has 1 aliphatic carbocycles. The van der Waals surface area contributed by atoms with E-state index >= 15 is 0 Å². The molecule has 1 aliphatic heterocycles. The fraction of sp³-hybridized carbons (Fsp3) is 0.692. The van der Waals surface area contributed by atoms with Gasteiger partial charge in [0.15, 0.2) is 0 Å². The fourth-order valence-electron chi connectivity index (χ4n) is 2.35. The first-order valence-corrected chi connectivity index (χ1v) is 6.68. The molecule has 1 saturated heterocycles. The van der Waals surface area contributed by atoms with Crippen LogP contribution in [0.15, 0.2) is 6.07 Å². The van der Waals surface area contributed by atoms with Gasteiger partial charge in [0.25, 0.3) is 0 Å². The number of aryl methyl sites for hydroxylation is 1. The maximum absolute atomic E-state index is 4.56. The Balaban J connectivity index is 1.79. The van der Waals surface area contributed by atoms with Crippen LogP contribution in [0.4, 0.5) is 11.6 Å². The van der Waals surface area contributed by atoms with Crippen LogP contribution in [-0.4, -0.2) is 29.1 Å². The van der Waals surface area contributed by atoms with Crippen LogP contribution < -0.4 is 10.2 Å². The number of rotatable bonds is 3. The van der Waals surface area contributed by atoms with Gasteiger partial charge in [-0.15, -0.1) is 0 Å². The molecule has 0 amide bonds. The Labute approximate surface area is 102 Å². The number of hydrogen-bond acceptors (Lipinski definition) is 4. The number of aromatic nitrogens is 2. The summed E-state index contributed by atoms with van der Waals surface area (Å²) in [6.45, 7) is 4.25. The normalized spacial score (nSPS) is 20.4. The lowest BCUT2D eigenvalue weighted by Gasteiger charge is -2.28. The van der Waals surface area contributed by atoms with Gasteiger partial charge in [-0.05, 0) is 39.0 Å². The second kappa shape index (κ2) is 4.51. The molecule has 2 aliphatic rings. The van der Waals surface area contributed by atoms with Crippen molar-refractivity contribution in [3.8, 4) is 0 Å². The van der Waals surface area contributed by atoms with E-state index in [2.05, 4.69) is 26.3 Å². The first-order valence-electron chi connectivity index (χ1n) is 6.68. The summed E-state index contributed by atoms with van der Waals surface area (Å²) < 4.78 is 0. The van der Waals surface area contributed by atoms with E-state index in [0.717, 1.165) is 30.5 Å². The number of nitrogens with zero attached hydrogens (tertiary/aromatic N) is 3. The maximum atomic E-state index is 4.56. The van der Waals surface area contributed by atoms with Crippen LogP contribution in [0.5, 0.6) is 0 Å². The van der Waals surface area contributed by atoms with Gasteiger partial charge in [-0.3, -0.25) is 0 Å². The van der Waals surface area contributed by atoms with E-state index in [4.69, 9.17) is 0 Å². The smallest absolute Gasteiger partial charge is 0.134 e. The third kappa shape index (κ3) is 2.68. The SMILES string of the molecule is Cc1nc(NC2CC2)cc(N2CCCCC2)n1. The van der Waals surface area contributed by atoms with Crippen molar-refractivity contribution in [1.82, 2.24) is 9.97 Å². The average Bonchev–Trinajstić information content (AvgIpc) is 3.13. The predicted molar refractivity (Wildman–Crippen MR) is 69.5 cm³/mol. The molecule has 1 aromatic heterocycles. The summed E-state index contributed by atoms with van der Waals surface area (Å²) >= 11 is 0. The van der Waals surface area contributed by atoms with Crippen LogP contribution in [0.1, 0.15) is 37.9 Å². The molecule has 4 heteroatoms. The van der Waals surface area contributed by atoms with Crippen molar-refractivity contribution in [2.45, 2.75) is 45.1 Å². The standard InChI is InChI=1S/C13H20N4/c1-10-14-12(16-11-5-6-11)9-13(15-10)17-7-3-2-4-8-17/h9,11H,2-8H2,1H3,(H,14,15,16). The highest BCUT2D eigenvalue weighted by molar-refractivity contribution is 5.50. The zero-order valence-corrected chi connectivity index (χ0v) is 10.4. The van der Waals surface area contributed by atoms with Gasteiger partial charge in [-0.2, -0.15) is 0 Å². The molecule has 0 bridgehead atoms. The Morgan fingerprint density at radius 2 is 1.94 bits per heavy atom. The van der Waals surface area contributed by atoms with Gasteiger partial charge in [-0.25, -0.2) is 9.97 Å². The van der Waals surface area contributed by atoms with Gasteiger partial charge in [0, 0.05) is 25.2 Å². The van der Waals surface area contributed by atoms with E-state index in [0.29, 0.717) is 6.04 Å². The zero-order valence-electron chi connectivity index (χ0n) is 10.4. The lowest BCUT2D eigenvalue weighted by molar-refractivity contribution is 0.572. The van der Waals surface area contributed by atoms with Crippen molar-refractivity contribution in [3.63, 3.8) is 0 Å². The molecule has 92 valence electrons. The molecule has 1 saturated carbocycles. The third-order valence-electron chi connectivity index (χ3n) is 3.43. The number of anilines is 2. The van der Waals surface area contributed by atoms with Crippen molar-refractivity contribution >= 4 is 11.6 Å². The maximum Gasteiger partial charge on any atom is 0.134 e. The van der Waals surface area contributed by atoms with E-state index in [-0.39, 0.29) is 0 Å². The van der Waals surface area contributed by atoms with Crippen molar-refractivity contribution in [1.29, 1.82) is 0 Å². The monoisotopic (exact) mass is 232 g/mol. The Kier molecular flexibility index (Phi) is 2.87. The molecule has 3 rings (SSSR count). The molecule has 0 aromatic carbocycles. The Bertz CT molecular complexity index is 394. The Morgan fingerprint density at radius 3 is 2.65 bits per heavy atom. The minimum atomic E-state index is 0.651. The Hall–Kier alpha value is -1.32. The summed E-state index contributed by atoms with van der Waals surface area (Å²) in [5.41, 5.74) is 0. The van der Waals surface area contributed by atoms with E-state index < -0.39 is 0 Å². The zero-order chi connectivity index (χ0) is 11.7. The van der Waals surface area contributed by atoms with Crippen molar-refractivity contribution in [2.24, 2.45) is 0 Å². The van der Waals surface area contributed by atoms with Crippen LogP contribution >= 0.6 is 0 Å². The summed E-state index contributed by atoms with van der Waals surface area (Å²) in [4.78, 5) is 11.4. The minimum absolute atomic E-state index is 0.651. The van der Waals surface area contributed by atoms with E-state index in [9.17, 15) is 0 Å². The first-order chi connectivity index (χ1) is 8.31. The number of piperidine rings is 1. The second-order valence-corrected chi connectivity index (χ2v) is 5.12. The molecule has 0 spiro atoms.